The van der Waals surface area contributed by atoms with E-state index >= 15 is 0 Å². The van der Waals surface area contributed by atoms with Gasteiger partial charge in [0.25, 0.3) is 5.56 Å². The van der Waals surface area contributed by atoms with Gasteiger partial charge >= 0.3 is 0 Å². The van der Waals surface area contributed by atoms with Crippen LogP contribution in [0, 0.1) is 11.3 Å². The van der Waals surface area contributed by atoms with E-state index in [2.05, 4.69) is 36.5 Å². The summed E-state index contributed by atoms with van der Waals surface area (Å²) in [4.78, 5) is 38.6. The van der Waals surface area contributed by atoms with Crippen LogP contribution in [0.4, 0.5) is 11.6 Å². The van der Waals surface area contributed by atoms with Crippen molar-refractivity contribution in [1.29, 1.82) is 5.26 Å². The number of nitrogens with zero attached hydrogens (tertiary/aromatic N) is 6. The second kappa shape index (κ2) is 11.1. The van der Waals surface area contributed by atoms with Crippen LogP contribution >= 0.6 is 11.6 Å². The quantitative estimate of drug-likeness (QED) is 0.340. The fourth-order valence-corrected chi connectivity index (χ4v) is 5.80. The van der Waals surface area contributed by atoms with Crippen molar-refractivity contribution < 1.29 is 4.79 Å². The highest BCUT2D eigenvalue weighted by Crippen LogP contribution is 2.39. The number of hydrogen-bond donors (Lipinski definition) is 1. The Morgan fingerprint density at radius 2 is 1.93 bits per heavy atom. The van der Waals surface area contributed by atoms with Crippen molar-refractivity contribution in [2.45, 2.75) is 32.7 Å². The third-order valence-electron chi connectivity index (χ3n) is 7.53. The minimum absolute atomic E-state index is 0.0195. The Hall–Kier alpha value is -4.68. The molecule has 2 aromatic carbocycles. The van der Waals surface area contributed by atoms with Crippen LogP contribution in [-0.4, -0.2) is 51.0 Å². The molecule has 1 amide bonds. The molecular formula is C31H30ClN7O2. The Kier molecular flexibility index (Phi) is 7.52. The second-order valence-electron chi connectivity index (χ2n) is 10.4. The second-order valence-corrected chi connectivity index (χ2v) is 10.8. The summed E-state index contributed by atoms with van der Waals surface area (Å²) in [6.45, 7) is 11.0. The van der Waals surface area contributed by atoms with Gasteiger partial charge in [0.15, 0.2) is 0 Å². The number of hydrogen-bond acceptors (Lipinski definition) is 7. The highest BCUT2D eigenvalue weighted by atomic mass is 35.5. The molecule has 10 heteroatoms. The number of rotatable bonds is 5. The molecule has 2 N–H and O–H groups in total. The molecule has 4 aromatic rings. The van der Waals surface area contributed by atoms with Crippen LogP contribution in [0.25, 0.3) is 27.7 Å². The Morgan fingerprint density at radius 3 is 2.56 bits per heavy atom. The molecule has 9 nitrogen and oxygen atoms in total. The minimum atomic E-state index is -0.429. The summed E-state index contributed by atoms with van der Waals surface area (Å²) in [5.74, 6) is 0.101. The number of fused-ring (bicyclic) bond motifs is 1. The van der Waals surface area contributed by atoms with Gasteiger partial charge in [-0.05, 0) is 42.7 Å². The van der Waals surface area contributed by atoms with Gasteiger partial charge in [0.1, 0.15) is 11.6 Å². The molecule has 0 unspecified atom stereocenters. The number of para-hydroxylation sites is 1. The molecular weight excluding hydrogens is 538 g/mol. The van der Waals surface area contributed by atoms with E-state index in [1.165, 1.54) is 6.08 Å². The van der Waals surface area contributed by atoms with Gasteiger partial charge in [-0.1, -0.05) is 50.2 Å². The van der Waals surface area contributed by atoms with Crippen molar-refractivity contribution in [2.24, 2.45) is 0 Å². The number of benzene rings is 2. The van der Waals surface area contributed by atoms with Gasteiger partial charge in [-0.2, -0.15) is 5.26 Å². The van der Waals surface area contributed by atoms with Crippen molar-refractivity contribution in [3.05, 3.63) is 88.0 Å². The SMILES string of the molecule is C=CC(=O)N1CCN(c2c(C#N)c(=O)n(-c3ccccc3C(C)C)c3cc(-c4cnc(N)nc4)c(Cl)cc23)[C@@H](C)C1. The number of amides is 1. The Labute approximate surface area is 243 Å². The van der Waals surface area contributed by atoms with Crippen LogP contribution in [0.5, 0.6) is 0 Å². The van der Waals surface area contributed by atoms with Crippen LogP contribution in [0.15, 0.2) is 66.2 Å². The van der Waals surface area contributed by atoms with Crippen LogP contribution in [0.1, 0.15) is 37.8 Å². The molecule has 208 valence electrons. The summed E-state index contributed by atoms with van der Waals surface area (Å²) < 4.78 is 1.60. The number of nitrogens with two attached hydrogens (primary N) is 1. The molecule has 0 aliphatic carbocycles. The number of nitrogen functional groups attached to an aromatic ring is 1. The lowest BCUT2D eigenvalue weighted by Crippen LogP contribution is -2.54. The minimum Gasteiger partial charge on any atom is -0.368 e. The highest BCUT2D eigenvalue weighted by Gasteiger charge is 2.31. The molecule has 1 saturated heterocycles. The maximum atomic E-state index is 14.3. The maximum absolute atomic E-state index is 14.3. The van der Waals surface area contributed by atoms with Crippen molar-refractivity contribution in [1.82, 2.24) is 19.4 Å². The van der Waals surface area contributed by atoms with Crippen LogP contribution in [0.2, 0.25) is 5.02 Å². The largest absolute Gasteiger partial charge is 0.368 e. The monoisotopic (exact) mass is 567 g/mol. The molecule has 0 radical (unpaired) electrons. The van der Waals surface area contributed by atoms with Crippen molar-refractivity contribution in [3.63, 3.8) is 0 Å². The fourth-order valence-electron chi connectivity index (χ4n) is 5.53. The van der Waals surface area contributed by atoms with Crippen LogP contribution in [-0.2, 0) is 4.79 Å². The van der Waals surface area contributed by atoms with E-state index in [0.717, 1.165) is 5.56 Å². The number of pyridine rings is 1. The number of anilines is 2. The molecule has 0 spiro atoms. The van der Waals surface area contributed by atoms with E-state index < -0.39 is 5.56 Å². The highest BCUT2D eigenvalue weighted by molar-refractivity contribution is 6.34. The topological polar surface area (TPSA) is 121 Å². The average Bonchev–Trinajstić information content (AvgIpc) is 2.96. The lowest BCUT2D eigenvalue weighted by atomic mass is 9.98. The number of aromatic nitrogens is 3. The molecule has 41 heavy (non-hydrogen) atoms. The van der Waals surface area contributed by atoms with Gasteiger partial charge < -0.3 is 15.5 Å². The van der Waals surface area contributed by atoms with E-state index in [1.54, 1.807) is 27.9 Å². The Bertz CT molecular complexity index is 1770. The summed E-state index contributed by atoms with van der Waals surface area (Å²) >= 11 is 6.88. The van der Waals surface area contributed by atoms with Gasteiger partial charge in [0.05, 0.1) is 16.9 Å². The van der Waals surface area contributed by atoms with Crippen molar-refractivity contribution in [2.75, 3.05) is 30.3 Å². The number of nitriles is 1. The first kappa shape index (κ1) is 27.9. The predicted molar refractivity (Wildman–Crippen MR) is 162 cm³/mol. The first-order valence-electron chi connectivity index (χ1n) is 13.3. The fraction of sp³-hybridized carbons (Fsp3) is 0.258. The normalized spacial score (nSPS) is 15.3. The summed E-state index contributed by atoms with van der Waals surface area (Å²) in [6.07, 6.45) is 4.47. The third kappa shape index (κ3) is 4.92. The van der Waals surface area contributed by atoms with E-state index in [9.17, 15) is 14.9 Å². The van der Waals surface area contributed by atoms with Gasteiger partial charge in [-0.25, -0.2) is 9.97 Å². The van der Waals surface area contributed by atoms with E-state index in [-0.39, 0.29) is 29.4 Å². The maximum Gasteiger partial charge on any atom is 0.275 e. The van der Waals surface area contributed by atoms with Gasteiger partial charge in [-0.3, -0.25) is 14.2 Å². The zero-order valence-corrected chi connectivity index (χ0v) is 23.9. The predicted octanol–water partition coefficient (Wildman–Crippen LogP) is 4.90. The molecule has 1 aliphatic rings. The Morgan fingerprint density at radius 1 is 1.22 bits per heavy atom. The summed E-state index contributed by atoms with van der Waals surface area (Å²) in [5, 5.41) is 11.5. The molecule has 1 aliphatic heterocycles. The summed E-state index contributed by atoms with van der Waals surface area (Å²) in [5.41, 5.74) is 9.32. The standard InChI is InChI=1S/C31H30ClN7O2/c1-5-28(40)37-10-11-38(19(4)17-37)29-23-12-25(32)22(20-15-35-31(34)36-16-20)13-27(23)39(30(41)24(29)14-33)26-9-7-6-8-21(26)18(2)3/h5-9,12-13,15-16,18-19H,1,10-11,17H2,2-4H3,(H2,34,35,36)/t19-/m0/s1. The van der Waals surface area contributed by atoms with Gasteiger partial charge in [0.2, 0.25) is 11.9 Å². The molecule has 0 bridgehead atoms. The third-order valence-corrected chi connectivity index (χ3v) is 7.84. The zero-order chi connectivity index (χ0) is 29.4. The number of carbonyl (C=O) groups is 1. The number of halogens is 1. The van der Waals surface area contributed by atoms with Gasteiger partial charge in [-0.15, -0.1) is 0 Å². The smallest absolute Gasteiger partial charge is 0.275 e. The molecule has 1 atom stereocenters. The summed E-state index contributed by atoms with van der Waals surface area (Å²) in [7, 11) is 0. The number of carbonyl (C=O) groups excluding carboxylic acids is 1. The first-order chi connectivity index (χ1) is 19.7. The van der Waals surface area contributed by atoms with E-state index in [4.69, 9.17) is 17.3 Å². The molecule has 0 saturated carbocycles. The lowest BCUT2D eigenvalue weighted by molar-refractivity contribution is -0.126. The van der Waals surface area contributed by atoms with Crippen molar-refractivity contribution >= 4 is 40.0 Å². The van der Waals surface area contributed by atoms with Crippen LogP contribution in [0.3, 0.4) is 0 Å². The molecule has 2 aromatic heterocycles. The lowest BCUT2D eigenvalue weighted by Gasteiger charge is -2.41. The van der Waals surface area contributed by atoms with E-state index in [0.29, 0.717) is 58.1 Å². The zero-order valence-electron chi connectivity index (χ0n) is 23.1. The van der Waals surface area contributed by atoms with Crippen LogP contribution < -0.4 is 16.2 Å². The number of piperazine rings is 1. The van der Waals surface area contributed by atoms with E-state index in [1.807, 2.05) is 42.2 Å². The molecule has 3 heterocycles. The average molecular weight is 568 g/mol. The molecule has 5 rings (SSSR count). The van der Waals surface area contributed by atoms with Gasteiger partial charge in [0, 0.05) is 59.6 Å². The first-order valence-corrected chi connectivity index (χ1v) is 13.7. The van der Waals surface area contributed by atoms with Crippen molar-refractivity contribution in [3.8, 4) is 22.9 Å². The summed E-state index contributed by atoms with van der Waals surface area (Å²) in [6, 6.07) is 13.4. The molecule has 1 fully saturated rings. The Balaban J connectivity index is 1.85.